The minimum atomic E-state index is -3.58. The normalized spacial score (nSPS) is 17.4. The maximum atomic E-state index is 13.0. The first-order valence-corrected chi connectivity index (χ1v) is 8.61. The van der Waals surface area contributed by atoms with Gasteiger partial charge >= 0.3 is 0 Å². The Bertz CT molecular complexity index is 570. The topological polar surface area (TPSA) is 46.2 Å². The van der Waals surface area contributed by atoms with Crippen LogP contribution in [0.15, 0.2) is 27.6 Å². The predicted octanol–water partition coefficient (Wildman–Crippen LogP) is 3.45. The molecule has 1 saturated carbocycles. The molecule has 0 unspecified atom stereocenters. The lowest BCUT2D eigenvalue weighted by Crippen LogP contribution is -2.30. The summed E-state index contributed by atoms with van der Waals surface area (Å²) >= 11 is 3.09. The fraction of sp³-hybridized carbons (Fsp3) is 0.538. The van der Waals surface area contributed by atoms with Crippen LogP contribution in [-0.4, -0.2) is 15.0 Å². The largest absolute Gasteiger partial charge is 0.241 e. The molecule has 0 atom stereocenters. The molecule has 0 amide bonds. The number of nitrogens with one attached hydrogen (secondary N) is 1. The number of sulfonamides is 1. The van der Waals surface area contributed by atoms with Crippen molar-refractivity contribution in [3.05, 3.63) is 28.5 Å². The second-order valence-corrected chi connectivity index (χ2v) is 7.74. The van der Waals surface area contributed by atoms with Crippen LogP contribution >= 0.6 is 15.9 Å². The summed E-state index contributed by atoms with van der Waals surface area (Å²) < 4.78 is 40.2. The highest BCUT2D eigenvalue weighted by Crippen LogP contribution is 2.49. The van der Waals surface area contributed by atoms with Crippen molar-refractivity contribution in [2.24, 2.45) is 5.41 Å². The van der Waals surface area contributed by atoms with Crippen LogP contribution in [0.1, 0.15) is 32.6 Å². The van der Waals surface area contributed by atoms with E-state index in [9.17, 15) is 12.8 Å². The fourth-order valence-corrected chi connectivity index (χ4v) is 4.45. The Hall–Kier alpha value is -0.460. The first-order chi connectivity index (χ1) is 8.88. The van der Waals surface area contributed by atoms with E-state index in [4.69, 9.17) is 0 Å². The molecule has 19 heavy (non-hydrogen) atoms. The lowest BCUT2D eigenvalue weighted by molar-refractivity contribution is 0.449. The zero-order valence-electron chi connectivity index (χ0n) is 10.7. The SMILES string of the molecule is CCCC1(CNS(=O)(=O)c2ccc(F)cc2Br)CC1. The second-order valence-electron chi connectivity index (χ2n) is 5.15. The molecular formula is C13H17BrFNO2S. The smallest absolute Gasteiger partial charge is 0.211 e. The highest BCUT2D eigenvalue weighted by molar-refractivity contribution is 9.10. The molecule has 1 aromatic rings. The molecule has 0 radical (unpaired) electrons. The molecule has 3 nitrogen and oxygen atoms in total. The Kier molecular flexibility index (Phi) is 4.32. The number of hydrogen-bond donors (Lipinski definition) is 1. The van der Waals surface area contributed by atoms with Crippen LogP contribution in [0.25, 0.3) is 0 Å². The standard InChI is InChI=1S/C13H17BrFNO2S/c1-2-5-13(6-7-13)9-16-19(17,18)12-4-3-10(15)8-11(12)14/h3-4,8,16H,2,5-7,9H2,1H3. The van der Waals surface area contributed by atoms with Gasteiger partial charge in [-0.05, 0) is 58.8 Å². The van der Waals surface area contributed by atoms with Crippen molar-refractivity contribution < 1.29 is 12.8 Å². The quantitative estimate of drug-likeness (QED) is 0.854. The third kappa shape index (κ3) is 3.55. The van der Waals surface area contributed by atoms with E-state index in [2.05, 4.69) is 27.6 Å². The van der Waals surface area contributed by atoms with Gasteiger partial charge in [0.25, 0.3) is 0 Å². The van der Waals surface area contributed by atoms with Crippen molar-refractivity contribution in [2.45, 2.75) is 37.5 Å². The molecule has 0 bridgehead atoms. The van der Waals surface area contributed by atoms with Crippen LogP contribution in [0.4, 0.5) is 4.39 Å². The van der Waals surface area contributed by atoms with E-state index in [-0.39, 0.29) is 14.8 Å². The monoisotopic (exact) mass is 349 g/mol. The average Bonchev–Trinajstić information content (AvgIpc) is 3.07. The molecule has 0 heterocycles. The molecule has 2 rings (SSSR count). The van der Waals surface area contributed by atoms with E-state index in [0.29, 0.717) is 6.54 Å². The van der Waals surface area contributed by atoms with Crippen LogP contribution < -0.4 is 4.72 Å². The first kappa shape index (κ1) is 14.9. The van der Waals surface area contributed by atoms with Gasteiger partial charge < -0.3 is 0 Å². The second kappa shape index (κ2) is 5.50. The van der Waals surface area contributed by atoms with Gasteiger partial charge in [0.2, 0.25) is 10.0 Å². The van der Waals surface area contributed by atoms with E-state index in [1.807, 2.05) is 0 Å². The summed E-state index contributed by atoms with van der Waals surface area (Å²) in [7, 11) is -3.58. The Balaban J connectivity index is 2.10. The average molecular weight is 350 g/mol. The molecule has 1 aromatic carbocycles. The highest BCUT2D eigenvalue weighted by atomic mass is 79.9. The molecule has 0 aromatic heterocycles. The predicted molar refractivity (Wildman–Crippen MR) is 75.9 cm³/mol. The van der Waals surface area contributed by atoms with Gasteiger partial charge in [0.1, 0.15) is 5.82 Å². The van der Waals surface area contributed by atoms with Crippen molar-refractivity contribution in [1.29, 1.82) is 0 Å². The van der Waals surface area contributed by atoms with Gasteiger partial charge in [-0.25, -0.2) is 17.5 Å². The van der Waals surface area contributed by atoms with Gasteiger partial charge in [0.15, 0.2) is 0 Å². The summed E-state index contributed by atoms with van der Waals surface area (Å²) in [6.07, 6.45) is 4.25. The van der Waals surface area contributed by atoms with E-state index in [0.717, 1.165) is 37.8 Å². The van der Waals surface area contributed by atoms with Crippen LogP contribution in [-0.2, 0) is 10.0 Å². The van der Waals surface area contributed by atoms with Crippen molar-refractivity contribution in [2.75, 3.05) is 6.54 Å². The number of hydrogen-bond acceptors (Lipinski definition) is 2. The van der Waals surface area contributed by atoms with Crippen LogP contribution in [0.3, 0.4) is 0 Å². The van der Waals surface area contributed by atoms with Crippen molar-refractivity contribution in [1.82, 2.24) is 4.72 Å². The highest BCUT2D eigenvalue weighted by Gasteiger charge is 2.42. The fourth-order valence-electron chi connectivity index (χ4n) is 2.24. The van der Waals surface area contributed by atoms with Gasteiger partial charge in [-0.15, -0.1) is 0 Å². The molecule has 6 heteroatoms. The third-order valence-electron chi connectivity index (χ3n) is 3.56. The lowest BCUT2D eigenvalue weighted by Gasteiger charge is -2.15. The summed E-state index contributed by atoms with van der Waals surface area (Å²) in [5, 5.41) is 0. The molecule has 0 spiro atoms. The molecule has 1 aliphatic carbocycles. The zero-order chi connectivity index (χ0) is 14.1. The molecule has 0 aliphatic heterocycles. The number of benzene rings is 1. The molecule has 1 fully saturated rings. The summed E-state index contributed by atoms with van der Waals surface area (Å²) in [5.74, 6) is -0.463. The Morgan fingerprint density at radius 2 is 2.11 bits per heavy atom. The summed E-state index contributed by atoms with van der Waals surface area (Å²) in [5.41, 5.74) is 0.147. The maximum absolute atomic E-state index is 13.0. The van der Waals surface area contributed by atoms with Gasteiger partial charge in [0.05, 0.1) is 4.90 Å². The van der Waals surface area contributed by atoms with Gasteiger partial charge in [-0.1, -0.05) is 13.3 Å². The third-order valence-corrected chi connectivity index (χ3v) is 5.94. The van der Waals surface area contributed by atoms with Gasteiger partial charge in [-0.2, -0.15) is 0 Å². The van der Waals surface area contributed by atoms with Crippen molar-refractivity contribution in [3.8, 4) is 0 Å². The summed E-state index contributed by atoms with van der Waals surface area (Å²) in [6.45, 7) is 2.57. The van der Waals surface area contributed by atoms with Crippen LogP contribution in [0.2, 0.25) is 0 Å². The zero-order valence-corrected chi connectivity index (χ0v) is 13.2. The number of rotatable bonds is 6. The Morgan fingerprint density at radius 1 is 1.42 bits per heavy atom. The lowest BCUT2D eigenvalue weighted by atomic mass is 10.0. The number of halogens is 2. The van der Waals surface area contributed by atoms with Crippen molar-refractivity contribution in [3.63, 3.8) is 0 Å². The Labute approximate surface area is 121 Å². The summed E-state index contributed by atoms with van der Waals surface area (Å²) in [6, 6.07) is 3.59. The maximum Gasteiger partial charge on any atom is 0.241 e. The molecule has 1 aliphatic rings. The van der Waals surface area contributed by atoms with E-state index < -0.39 is 15.8 Å². The molecule has 106 valence electrons. The van der Waals surface area contributed by atoms with Gasteiger partial charge in [-0.3, -0.25) is 0 Å². The van der Waals surface area contributed by atoms with Crippen LogP contribution in [0, 0.1) is 11.2 Å². The molecule has 0 saturated heterocycles. The molecule has 1 N–H and O–H groups in total. The van der Waals surface area contributed by atoms with Crippen molar-refractivity contribution >= 4 is 26.0 Å². The summed E-state index contributed by atoms with van der Waals surface area (Å²) in [4.78, 5) is 0.0844. The van der Waals surface area contributed by atoms with Crippen LogP contribution in [0.5, 0.6) is 0 Å². The first-order valence-electron chi connectivity index (χ1n) is 6.33. The minimum Gasteiger partial charge on any atom is -0.211 e. The van der Waals surface area contributed by atoms with E-state index in [1.54, 1.807) is 0 Å². The minimum absolute atomic E-state index is 0.0844. The molecular weight excluding hydrogens is 333 g/mol. The van der Waals surface area contributed by atoms with E-state index >= 15 is 0 Å². The Morgan fingerprint density at radius 3 is 2.63 bits per heavy atom. The van der Waals surface area contributed by atoms with Gasteiger partial charge in [0, 0.05) is 11.0 Å². The van der Waals surface area contributed by atoms with E-state index in [1.165, 1.54) is 6.07 Å².